The van der Waals surface area contributed by atoms with Crippen LogP contribution in [0.15, 0.2) is 18.2 Å². The van der Waals surface area contributed by atoms with Crippen LogP contribution in [0.3, 0.4) is 0 Å². The molecule has 0 spiro atoms. The largest absolute Gasteiger partial charge is 0.375 e. The Balaban J connectivity index is 2.57. The van der Waals surface area contributed by atoms with E-state index in [0.29, 0.717) is 23.8 Å². The molecule has 0 saturated heterocycles. The number of benzene rings is 1. The van der Waals surface area contributed by atoms with Crippen molar-refractivity contribution < 1.29 is 9.53 Å². The van der Waals surface area contributed by atoms with Crippen molar-refractivity contribution in [2.45, 2.75) is 6.61 Å². The van der Waals surface area contributed by atoms with Crippen molar-refractivity contribution in [3.05, 3.63) is 34.3 Å². The van der Waals surface area contributed by atoms with Crippen LogP contribution in [-0.4, -0.2) is 26.1 Å². The van der Waals surface area contributed by atoms with Crippen molar-refractivity contribution in [3.8, 4) is 0 Å². The van der Waals surface area contributed by atoms with E-state index in [2.05, 4.69) is 5.32 Å². The Morgan fingerprint density at radius 2 is 2.31 bits per heavy atom. The topological polar surface area (TPSA) is 64.3 Å². The first-order valence-corrected chi connectivity index (χ1v) is 5.33. The lowest BCUT2D eigenvalue weighted by Gasteiger charge is -2.06. The van der Waals surface area contributed by atoms with Crippen molar-refractivity contribution in [1.29, 1.82) is 0 Å². The number of nitrogens with two attached hydrogens (primary N) is 1. The van der Waals surface area contributed by atoms with E-state index in [1.165, 1.54) is 0 Å². The molecule has 3 N–H and O–H groups in total. The van der Waals surface area contributed by atoms with Crippen LogP contribution in [0.2, 0.25) is 5.02 Å². The van der Waals surface area contributed by atoms with Gasteiger partial charge in [0.1, 0.15) is 0 Å². The molecule has 4 nitrogen and oxygen atoms in total. The molecule has 1 amide bonds. The van der Waals surface area contributed by atoms with Crippen LogP contribution in [0, 0.1) is 0 Å². The number of ether oxygens (including phenoxy) is 1. The van der Waals surface area contributed by atoms with Gasteiger partial charge in [0, 0.05) is 17.1 Å². The Hall–Kier alpha value is -1.10. The highest BCUT2D eigenvalue weighted by Gasteiger charge is 2.05. The summed E-state index contributed by atoms with van der Waals surface area (Å²) in [4.78, 5) is 10.9. The molecule has 1 aromatic rings. The third-order valence-electron chi connectivity index (χ3n) is 2.09. The van der Waals surface area contributed by atoms with Gasteiger partial charge in [-0.15, -0.1) is 0 Å². The van der Waals surface area contributed by atoms with Gasteiger partial charge in [0.05, 0.1) is 13.2 Å². The second-order valence-electron chi connectivity index (χ2n) is 3.33. The zero-order valence-corrected chi connectivity index (χ0v) is 9.88. The Bertz CT molecular complexity index is 369. The van der Waals surface area contributed by atoms with Gasteiger partial charge in [-0.2, -0.15) is 0 Å². The zero-order valence-electron chi connectivity index (χ0n) is 9.13. The molecule has 0 heterocycles. The summed E-state index contributed by atoms with van der Waals surface area (Å²) in [6.45, 7) is 1.83. The van der Waals surface area contributed by atoms with Crippen LogP contribution >= 0.6 is 11.6 Å². The molecule has 16 heavy (non-hydrogen) atoms. The quantitative estimate of drug-likeness (QED) is 0.737. The number of carbonyl (C=O) groups excluding carboxylic acids is 1. The van der Waals surface area contributed by atoms with E-state index in [-0.39, 0.29) is 0 Å². The molecule has 1 rings (SSSR count). The second kappa shape index (κ2) is 6.48. The summed E-state index contributed by atoms with van der Waals surface area (Å²) in [5.41, 5.74) is 6.39. The molecular weight excluding hydrogens is 228 g/mol. The van der Waals surface area contributed by atoms with E-state index in [4.69, 9.17) is 22.1 Å². The molecule has 0 aliphatic carbocycles. The summed E-state index contributed by atoms with van der Waals surface area (Å²) in [7, 11) is 1.86. The van der Waals surface area contributed by atoms with E-state index in [9.17, 15) is 4.79 Å². The van der Waals surface area contributed by atoms with E-state index in [1.54, 1.807) is 18.2 Å². The summed E-state index contributed by atoms with van der Waals surface area (Å²) in [6, 6.07) is 4.95. The average Bonchev–Trinajstić information content (AvgIpc) is 2.26. The van der Waals surface area contributed by atoms with Crippen LogP contribution in [0.4, 0.5) is 0 Å². The third-order valence-corrected chi connectivity index (χ3v) is 2.44. The Labute approximate surface area is 99.7 Å². The number of hydrogen-bond acceptors (Lipinski definition) is 3. The molecule has 0 fully saturated rings. The summed E-state index contributed by atoms with van der Waals surface area (Å²) in [5.74, 6) is -0.482. The zero-order chi connectivity index (χ0) is 12.0. The fourth-order valence-corrected chi connectivity index (χ4v) is 1.41. The number of hydrogen-bond donors (Lipinski definition) is 2. The molecule has 0 bridgehead atoms. The molecule has 0 radical (unpaired) electrons. The first kappa shape index (κ1) is 13.0. The molecule has 5 heteroatoms. The summed E-state index contributed by atoms with van der Waals surface area (Å²) >= 11 is 5.98. The molecule has 0 aliphatic heterocycles. The smallest absolute Gasteiger partial charge is 0.248 e. The number of carbonyl (C=O) groups is 1. The minimum absolute atomic E-state index is 0.406. The average molecular weight is 243 g/mol. The highest BCUT2D eigenvalue weighted by atomic mass is 35.5. The number of amides is 1. The number of rotatable bonds is 6. The van der Waals surface area contributed by atoms with Gasteiger partial charge in [0.2, 0.25) is 5.91 Å². The summed E-state index contributed by atoms with van der Waals surface area (Å²) in [6.07, 6.45) is 0. The van der Waals surface area contributed by atoms with E-state index in [1.807, 2.05) is 7.05 Å². The maximum absolute atomic E-state index is 10.9. The molecular formula is C11H15ClN2O2. The molecule has 0 saturated carbocycles. The highest BCUT2D eigenvalue weighted by Crippen LogP contribution is 2.18. The summed E-state index contributed by atoms with van der Waals surface area (Å²) in [5, 5.41) is 3.47. The maximum Gasteiger partial charge on any atom is 0.248 e. The molecule has 0 atom stereocenters. The number of nitrogens with one attached hydrogen (secondary N) is 1. The minimum Gasteiger partial charge on any atom is -0.375 e. The first-order chi connectivity index (χ1) is 7.65. The van der Waals surface area contributed by atoms with Gasteiger partial charge in [-0.05, 0) is 24.7 Å². The van der Waals surface area contributed by atoms with Gasteiger partial charge in [-0.1, -0.05) is 17.7 Å². The van der Waals surface area contributed by atoms with Gasteiger partial charge in [-0.3, -0.25) is 4.79 Å². The predicted molar refractivity (Wildman–Crippen MR) is 63.6 cm³/mol. The lowest BCUT2D eigenvalue weighted by molar-refractivity contribution is 0.1000. The van der Waals surface area contributed by atoms with Gasteiger partial charge in [0.15, 0.2) is 0 Å². The Morgan fingerprint density at radius 1 is 1.56 bits per heavy atom. The lowest BCUT2D eigenvalue weighted by Crippen LogP contribution is -2.14. The number of halogens is 1. The van der Waals surface area contributed by atoms with Crippen LogP contribution in [0.25, 0.3) is 0 Å². The third kappa shape index (κ3) is 3.81. The van der Waals surface area contributed by atoms with Gasteiger partial charge in [-0.25, -0.2) is 0 Å². The summed E-state index contributed by atoms with van der Waals surface area (Å²) < 4.78 is 5.38. The normalized spacial score (nSPS) is 10.4. The van der Waals surface area contributed by atoms with E-state index < -0.39 is 5.91 Å². The van der Waals surface area contributed by atoms with Gasteiger partial charge < -0.3 is 15.8 Å². The van der Waals surface area contributed by atoms with Crippen molar-refractivity contribution in [3.63, 3.8) is 0 Å². The van der Waals surface area contributed by atoms with Crippen LogP contribution < -0.4 is 11.1 Å². The van der Waals surface area contributed by atoms with Crippen molar-refractivity contribution in [1.82, 2.24) is 5.32 Å². The van der Waals surface area contributed by atoms with Gasteiger partial charge >= 0.3 is 0 Å². The maximum atomic E-state index is 10.9. The molecule has 1 aromatic carbocycles. The van der Waals surface area contributed by atoms with Crippen molar-refractivity contribution >= 4 is 17.5 Å². The first-order valence-electron chi connectivity index (χ1n) is 4.95. The lowest BCUT2D eigenvalue weighted by atomic mass is 10.1. The van der Waals surface area contributed by atoms with Crippen molar-refractivity contribution in [2.75, 3.05) is 20.2 Å². The van der Waals surface area contributed by atoms with Crippen LogP contribution in [0.5, 0.6) is 0 Å². The van der Waals surface area contributed by atoms with Crippen molar-refractivity contribution in [2.24, 2.45) is 5.73 Å². The number of primary amides is 1. The Kier molecular flexibility index (Phi) is 5.25. The van der Waals surface area contributed by atoms with Crippen LogP contribution in [0.1, 0.15) is 15.9 Å². The monoisotopic (exact) mass is 242 g/mol. The van der Waals surface area contributed by atoms with E-state index in [0.717, 1.165) is 12.1 Å². The standard InChI is InChI=1S/C11H15ClN2O2/c1-14-4-5-16-7-9-3-2-8(11(13)15)6-10(9)12/h2-3,6,14H,4-5,7H2,1H3,(H2,13,15). The fourth-order valence-electron chi connectivity index (χ4n) is 1.17. The van der Waals surface area contributed by atoms with Crippen LogP contribution in [-0.2, 0) is 11.3 Å². The highest BCUT2D eigenvalue weighted by molar-refractivity contribution is 6.31. The number of likely N-dealkylation sites (N-methyl/N-ethyl adjacent to an activating group) is 1. The second-order valence-corrected chi connectivity index (χ2v) is 3.73. The molecule has 0 aliphatic rings. The minimum atomic E-state index is -0.482. The van der Waals surface area contributed by atoms with E-state index >= 15 is 0 Å². The molecule has 88 valence electrons. The fraction of sp³-hybridized carbons (Fsp3) is 0.364. The van der Waals surface area contributed by atoms with Gasteiger partial charge in [0.25, 0.3) is 0 Å². The molecule has 0 unspecified atom stereocenters. The SMILES string of the molecule is CNCCOCc1ccc(C(N)=O)cc1Cl. The Morgan fingerprint density at radius 3 is 2.88 bits per heavy atom. The molecule has 0 aromatic heterocycles. The predicted octanol–water partition coefficient (Wildman–Crippen LogP) is 1.17.